The van der Waals surface area contributed by atoms with Crippen LogP contribution >= 0.6 is 0 Å². The Labute approximate surface area is 92.7 Å². The Morgan fingerprint density at radius 2 is 2.31 bits per heavy atom. The van der Waals surface area contributed by atoms with Crippen LogP contribution in [0.4, 0.5) is 0 Å². The van der Waals surface area contributed by atoms with Gasteiger partial charge in [0.1, 0.15) is 5.84 Å². The third-order valence-electron chi connectivity index (χ3n) is 2.38. The molecular weight excluding hydrogens is 203 g/mol. The lowest BCUT2D eigenvalue weighted by Crippen LogP contribution is -2.45. The lowest BCUT2D eigenvalue weighted by atomic mass is 9.72. The number of furan rings is 1. The Kier molecular flexibility index (Phi) is 2.19. The van der Waals surface area contributed by atoms with Gasteiger partial charge in [0, 0.05) is 23.4 Å². The summed E-state index contributed by atoms with van der Waals surface area (Å²) in [6.07, 6.45) is 6.81. The predicted molar refractivity (Wildman–Crippen MR) is 61.1 cm³/mol. The number of pyridine rings is 1. The number of hydrogen-bond acceptors (Lipinski definition) is 5. The Morgan fingerprint density at radius 1 is 1.31 bits per heavy atom. The van der Waals surface area contributed by atoms with Crippen molar-refractivity contribution in [1.29, 1.82) is 0 Å². The SMILES string of the molecule is c1cncc(C2=NB(c3ccoc3)NN2)c1. The van der Waals surface area contributed by atoms with Crippen LogP contribution in [0.1, 0.15) is 5.56 Å². The maximum absolute atomic E-state index is 5.02. The van der Waals surface area contributed by atoms with Crippen molar-refractivity contribution < 1.29 is 4.42 Å². The topological polar surface area (TPSA) is 62.5 Å². The van der Waals surface area contributed by atoms with Gasteiger partial charge in [-0.1, -0.05) is 0 Å². The fraction of sp³-hybridized carbons (Fsp3) is 0. The normalized spacial score (nSPS) is 14.8. The van der Waals surface area contributed by atoms with E-state index < -0.39 is 0 Å². The van der Waals surface area contributed by atoms with Gasteiger partial charge in [-0.25, -0.2) is 5.34 Å². The highest BCUT2D eigenvalue weighted by Crippen LogP contribution is 2.01. The largest absolute Gasteiger partial charge is 0.473 e. The molecule has 1 aliphatic rings. The summed E-state index contributed by atoms with van der Waals surface area (Å²) in [5.74, 6) is 0.791. The summed E-state index contributed by atoms with van der Waals surface area (Å²) >= 11 is 0. The van der Waals surface area contributed by atoms with Crippen molar-refractivity contribution >= 4 is 18.3 Å². The number of rotatable bonds is 2. The van der Waals surface area contributed by atoms with Gasteiger partial charge in [0.2, 0.25) is 0 Å². The summed E-state index contributed by atoms with van der Waals surface area (Å²) in [6.45, 7) is -0.103. The Balaban J connectivity index is 1.87. The monoisotopic (exact) mass is 212 g/mol. The van der Waals surface area contributed by atoms with E-state index in [4.69, 9.17) is 4.42 Å². The molecular formula is C10H9BN4O. The molecule has 6 heteroatoms. The van der Waals surface area contributed by atoms with E-state index in [1.807, 2.05) is 18.2 Å². The zero-order valence-corrected chi connectivity index (χ0v) is 8.42. The highest BCUT2D eigenvalue weighted by molar-refractivity contribution is 6.71. The van der Waals surface area contributed by atoms with E-state index in [2.05, 4.69) is 20.6 Å². The number of aromatic nitrogens is 1. The average molecular weight is 212 g/mol. The van der Waals surface area contributed by atoms with Gasteiger partial charge in [0.25, 0.3) is 0 Å². The molecule has 0 spiro atoms. The van der Waals surface area contributed by atoms with Crippen molar-refractivity contribution in [3.8, 4) is 0 Å². The zero-order chi connectivity index (χ0) is 10.8. The Bertz CT molecular complexity index is 497. The van der Waals surface area contributed by atoms with Crippen molar-refractivity contribution in [2.75, 3.05) is 0 Å². The van der Waals surface area contributed by atoms with Crippen molar-refractivity contribution in [2.45, 2.75) is 0 Å². The van der Waals surface area contributed by atoms with Crippen molar-refractivity contribution in [3.05, 3.63) is 48.7 Å². The molecule has 16 heavy (non-hydrogen) atoms. The molecule has 0 fully saturated rings. The Morgan fingerprint density at radius 3 is 3.06 bits per heavy atom. The maximum Gasteiger partial charge on any atom is 0.418 e. The molecule has 0 radical (unpaired) electrons. The van der Waals surface area contributed by atoms with Crippen LogP contribution in [0.25, 0.3) is 0 Å². The number of amidine groups is 1. The van der Waals surface area contributed by atoms with Crippen molar-refractivity contribution in [1.82, 2.24) is 15.7 Å². The first kappa shape index (κ1) is 9.17. The second-order valence-electron chi connectivity index (χ2n) is 3.45. The minimum absolute atomic E-state index is 0.103. The summed E-state index contributed by atoms with van der Waals surface area (Å²) in [4.78, 5) is 8.55. The van der Waals surface area contributed by atoms with Gasteiger partial charge in [0.15, 0.2) is 0 Å². The first-order chi connectivity index (χ1) is 7.93. The molecule has 5 nitrogen and oxygen atoms in total. The van der Waals surface area contributed by atoms with E-state index in [0.29, 0.717) is 0 Å². The molecule has 0 amide bonds. The molecule has 0 aliphatic carbocycles. The Hall–Kier alpha value is -2.08. The molecule has 2 N–H and O–H groups in total. The van der Waals surface area contributed by atoms with Crippen LogP contribution in [-0.4, -0.2) is 17.8 Å². The highest BCUT2D eigenvalue weighted by Gasteiger charge is 2.25. The van der Waals surface area contributed by atoms with Gasteiger partial charge in [-0.2, -0.15) is 0 Å². The third kappa shape index (κ3) is 1.59. The molecule has 78 valence electrons. The summed E-state index contributed by atoms with van der Waals surface area (Å²) in [5.41, 5.74) is 4.98. The van der Waals surface area contributed by atoms with E-state index in [1.54, 1.807) is 24.9 Å². The van der Waals surface area contributed by atoms with Crippen molar-refractivity contribution in [3.63, 3.8) is 0 Å². The lowest BCUT2D eigenvalue weighted by Gasteiger charge is -2.00. The summed E-state index contributed by atoms with van der Waals surface area (Å²) < 4.78 is 5.02. The zero-order valence-electron chi connectivity index (χ0n) is 8.42. The van der Waals surface area contributed by atoms with E-state index in [9.17, 15) is 0 Å². The fourth-order valence-corrected chi connectivity index (χ4v) is 1.57. The second kappa shape index (κ2) is 3.82. The maximum atomic E-state index is 5.02. The second-order valence-corrected chi connectivity index (χ2v) is 3.45. The molecule has 2 aromatic rings. The van der Waals surface area contributed by atoms with Crippen LogP contribution < -0.4 is 16.2 Å². The number of nitrogens with zero attached hydrogens (tertiary/aromatic N) is 2. The standard InChI is InChI=1S/C10H9BN4O/c1-2-8(6-12-4-1)10-13-11(15-14-10)9-3-5-16-7-9/h1-7,15H,(H,13,14). The van der Waals surface area contributed by atoms with E-state index >= 15 is 0 Å². The molecule has 3 heterocycles. The predicted octanol–water partition coefficient (Wildman–Crippen LogP) is -0.0756. The quantitative estimate of drug-likeness (QED) is 0.683. The lowest BCUT2D eigenvalue weighted by molar-refractivity contribution is 0.569. The smallest absolute Gasteiger partial charge is 0.418 e. The molecule has 2 aromatic heterocycles. The van der Waals surface area contributed by atoms with Gasteiger partial charge in [-0.05, 0) is 18.2 Å². The van der Waals surface area contributed by atoms with Crippen LogP contribution in [0.2, 0.25) is 0 Å². The molecule has 0 saturated heterocycles. The molecule has 1 aliphatic heterocycles. The van der Waals surface area contributed by atoms with Gasteiger partial charge < -0.3 is 9.84 Å². The van der Waals surface area contributed by atoms with Crippen LogP contribution in [0.15, 0.2) is 52.4 Å². The summed E-state index contributed by atoms with van der Waals surface area (Å²) in [6, 6.07) is 5.72. The summed E-state index contributed by atoms with van der Waals surface area (Å²) in [5, 5.41) is 3.07. The number of hydrogen-bond donors (Lipinski definition) is 2. The van der Waals surface area contributed by atoms with Gasteiger partial charge in [-0.3, -0.25) is 9.89 Å². The van der Waals surface area contributed by atoms with E-state index in [1.165, 1.54) is 0 Å². The molecule has 0 unspecified atom stereocenters. The number of nitrogens with one attached hydrogen (secondary N) is 2. The summed E-state index contributed by atoms with van der Waals surface area (Å²) in [7, 11) is 0. The van der Waals surface area contributed by atoms with E-state index in [0.717, 1.165) is 16.9 Å². The highest BCUT2D eigenvalue weighted by atomic mass is 16.3. The molecule has 0 bridgehead atoms. The third-order valence-corrected chi connectivity index (χ3v) is 2.38. The fourth-order valence-electron chi connectivity index (χ4n) is 1.57. The average Bonchev–Trinajstić information content (AvgIpc) is 3.01. The first-order valence-electron chi connectivity index (χ1n) is 4.95. The van der Waals surface area contributed by atoms with Crippen LogP contribution in [0.5, 0.6) is 0 Å². The molecule has 0 aromatic carbocycles. The van der Waals surface area contributed by atoms with Gasteiger partial charge in [-0.15, -0.1) is 0 Å². The number of hydrazine groups is 1. The van der Waals surface area contributed by atoms with Gasteiger partial charge >= 0.3 is 6.98 Å². The first-order valence-corrected chi connectivity index (χ1v) is 4.95. The van der Waals surface area contributed by atoms with Crippen molar-refractivity contribution in [2.24, 2.45) is 4.90 Å². The molecule has 0 atom stereocenters. The van der Waals surface area contributed by atoms with Crippen LogP contribution in [0, 0.1) is 0 Å². The minimum Gasteiger partial charge on any atom is -0.473 e. The minimum atomic E-state index is -0.103. The van der Waals surface area contributed by atoms with Crippen LogP contribution in [0.3, 0.4) is 0 Å². The molecule has 3 rings (SSSR count). The molecule has 0 saturated carbocycles. The van der Waals surface area contributed by atoms with E-state index in [-0.39, 0.29) is 6.98 Å². The van der Waals surface area contributed by atoms with Crippen LogP contribution in [-0.2, 0) is 0 Å². The van der Waals surface area contributed by atoms with Gasteiger partial charge in [0.05, 0.1) is 12.5 Å².